The summed E-state index contributed by atoms with van der Waals surface area (Å²) in [6.07, 6.45) is 3.36. The lowest BCUT2D eigenvalue weighted by molar-refractivity contribution is -0.116. The lowest BCUT2D eigenvalue weighted by Crippen LogP contribution is -2.27. The first-order chi connectivity index (χ1) is 11.0. The molecule has 1 N–H and O–H groups in total. The summed E-state index contributed by atoms with van der Waals surface area (Å²) in [5, 5.41) is 3.33. The van der Waals surface area contributed by atoms with Gasteiger partial charge < -0.3 is 14.5 Å². The third-order valence-electron chi connectivity index (χ3n) is 3.52. The monoisotopic (exact) mass is 333 g/mol. The smallest absolute Gasteiger partial charge is 0.275 e. The van der Waals surface area contributed by atoms with Crippen molar-refractivity contribution in [1.29, 1.82) is 0 Å². The number of amides is 1. The third kappa shape index (κ3) is 2.98. The van der Waals surface area contributed by atoms with Crippen molar-refractivity contribution < 1.29 is 9.18 Å². The van der Waals surface area contributed by atoms with Crippen molar-refractivity contribution in [2.45, 2.75) is 6.54 Å². The number of anilines is 1. The first-order valence-corrected chi connectivity index (χ1v) is 7.23. The van der Waals surface area contributed by atoms with Crippen LogP contribution in [0.3, 0.4) is 0 Å². The number of hydrogen-bond donors (Lipinski definition) is 1. The Kier molecular flexibility index (Phi) is 3.92. The van der Waals surface area contributed by atoms with Crippen LogP contribution in [-0.4, -0.2) is 15.0 Å². The van der Waals surface area contributed by atoms with E-state index in [1.54, 1.807) is 30.1 Å². The van der Waals surface area contributed by atoms with Crippen molar-refractivity contribution in [3.8, 4) is 0 Å². The summed E-state index contributed by atoms with van der Waals surface area (Å²) in [6.45, 7) is -0.144. The number of halogens is 2. The number of pyridine rings is 1. The predicted molar refractivity (Wildman–Crippen MR) is 87.2 cm³/mol. The normalized spacial score (nSPS) is 10.9. The van der Waals surface area contributed by atoms with Gasteiger partial charge in [0.1, 0.15) is 17.9 Å². The molecule has 0 fully saturated rings. The molecule has 7 heteroatoms. The van der Waals surface area contributed by atoms with E-state index in [-0.39, 0.29) is 17.1 Å². The molecule has 3 aromatic rings. The number of nitrogens with one attached hydrogen (secondary N) is 1. The molecule has 0 aliphatic heterocycles. The quantitative estimate of drug-likeness (QED) is 0.801. The molecule has 0 spiro atoms. The minimum absolute atomic E-state index is 0.0785. The molecule has 23 heavy (non-hydrogen) atoms. The molecular formula is C16H13ClFN3O2. The van der Waals surface area contributed by atoms with Gasteiger partial charge in [0.2, 0.25) is 5.91 Å². The van der Waals surface area contributed by atoms with E-state index >= 15 is 0 Å². The van der Waals surface area contributed by atoms with Crippen LogP contribution in [0.15, 0.2) is 47.5 Å². The molecule has 3 rings (SSSR count). The number of benzene rings is 1. The molecule has 0 atom stereocenters. The van der Waals surface area contributed by atoms with Crippen molar-refractivity contribution in [2.24, 2.45) is 7.05 Å². The number of aryl methyl sites for hydroxylation is 1. The van der Waals surface area contributed by atoms with Crippen molar-refractivity contribution in [1.82, 2.24) is 9.13 Å². The highest BCUT2D eigenvalue weighted by molar-refractivity contribution is 6.31. The number of rotatable bonds is 3. The maximum Gasteiger partial charge on any atom is 0.275 e. The molecule has 0 radical (unpaired) electrons. The van der Waals surface area contributed by atoms with E-state index < -0.39 is 11.7 Å². The van der Waals surface area contributed by atoms with Crippen LogP contribution in [0.25, 0.3) is 10.9 Å². The largest absolute Gasteiger partial charge is 0.346 e. The summed E-state index contributed by atoms with van der Waals surface area (Å²) in [5.74, 6) is -0.960. The van der Waals surface area contributed by atoms with Gasteiger partial charge in [0.15, 0.2) is 0 Å². The lowest BCUT2D eigenvalue weighted by atomic mass is 10.3. The van der Waals surface area contributed by atoms with Crippen LogP contribution in [0.4, 0.5) is 10.1 Å². The summed E-state index contributed by atoms with van der Waals surface area (Å²) in [7, 11) is 1.77. The van der Waals surface area contributed by atoms with Gasteiger partial charge in [0.25, 0.3) is 5.56 Å². The molecule has 0 bridgehead atoms. The zero-order chi connectivity index (χ0) is 16.6. The number of hydrogen-bond acceptors (Lipinski definition) is 2. The zero-order valence-electron chi connectivity index (χ0n) is 12.2. The van der Waals surface area contributed by atoms with Gasteiger partial charge in [-0.05, 0) is 30.3 Å². The van der Waals surface area contributed by atoms with Crippen molar-refractivity contribution in [3.63, 3.8) is 0 Å². The first-order valence-electron chi connectivity index (χ1n) is 6.85. The average molecular weight is 334 g/mol. The van der Waals surface area contributed by atoms with Crippen molar-refractivity contribution in [2.75, 3.05) is 5.32 Å². The van der Waals surface area contributed by atoms with Gasteiger partial charge in [0, 0.05) is 30.5 Å². The Hall–Kier alpha value is -2.60. The minimum Gasteiger partial charge on any atom is -0.346 e. The molecule has 1 aromatic carbocycles. The number of aromatic nitrogens is 2. The fourth-order valence-electron chi connectivity index (χ4n) is 2.39. The van der Waals surface area contributed by atoms with Gasteiger partial charge in [0.05, 0.1) is 5.02 Å². The first kappa shape index (κ1) is 15.3. The standard InChI is InChI=1S/C16H13ClFN3O2/c1-20-6-4-10-5-7-21(16(23)15(10)20)9-14(22)19-11-2-3-13(18)12(17)8-11/h2-8H,9H2,1H3,(H,19,22). The molecule has 118 valence electrons. The second-order valence-corrected chi connectivity index (χ2v) is 5.56. The van der Waals surface area contributed by atoms with Gasteiger partial charge in [-0.1, -0.05) is 11.6 Å². The maximum absolute atomic E-state index is 13.1. The van der Waals surface area contributed by atoms with Crippen LogP contribution < -0.4 is 10.9 Å². The molecule has 0 aliphatic carbocycles. The molecule has 0 saturated heterocycles. The van der Waals surface area contributed by atoms with Crippen LogP contribution in [-0.2, 0) is 18.4 Å². The number of nitrogens with zero attached hydrogens (tertiary/aromatic N) is 2. The third-order valence-corrected chi connectivity index (χ3v) is 3.81. The second kappa shape index (κ2) is 5.89. The molecule has 5 nitrogen and oxygen atoms in total. The molecule has 2 heterocycles. The Balaban J connectivity index is 1.82. The van der Waals surface area contributed by atoms with Crippen molar-refractivity contribution >= 4 is 34.1 Å². The van der Waals surface area contributed by atoms with Gasteiger partial charge in [-0.2, -0.15) is 0 Å². The summed E-state index contributed by atoms with van der Waals surface area (Å²) >= 11 is 5.67. The van der Waals surface area contributed by atoms with Gasteiger partial charge in [-0.15, -0.1) is 0 Å². The molecule has 0 aliphatic rings. The minimum atomic E-state index is -0.560. The van der Waals surface area contributed by atoms with Crippen LogP contribution in [0.2, 0.25) is 5.02 Å². The highest BCUT2D eigenvalue weighted by atomic mass is 35.5. The van der Waals surface area contributed by atoms with E-state index in [0.717, 1.165) is 5.39 Å². The Labute approximate surface area is 135 Å². The molecular weight excluding hydrogens is 321 g/mol. The van der Waals surface area contributed by atoms with E-state index in [2.05, 4.69) is 5.32 Å². The van der Waals surface area contributed by atoms with E-state index in [4.69, 9.17) is 11.6 Å². The van der Waals surface area contributed by atoms with Crippen LogP contribution in [0, 0.1) is 5.82 Å². The van der Waals surface area contributed by atoms with Gasteiger partial charge >= 0.3 is 0 Å². The number of fused-ring (bicyclic) bond motifs is 1. The van der Waals surface area contributed by atoms with Crippen molar-refractivity contribution in [3.05, 3.63) is 63.9 Å². The Morgan fingerprint density at radius 2 is 2.00 bits per heavy atom. The average Bonchev–Trinajstić information content (AvgIpc) is 2.88. The molecule has 1 amide bonds. The van der Waals surface area contributed by atoms with Crippen LogP contribution >= 0.6 is 11.6 Å². The Bertz CT molecular complexity index is 962. The fraction of sp³-hybridized carbons (Fsp3) is 0.125. The lowest BCUT2D eigenvalue weighted by Gasteiger charge is -2.08. The highest BCUT2D eigenvalue weighted by Crippen LogP contribution is 2.19. The maximum atomic E-state index is 13.1. The second-order valence-electron chi connectivity index (χ2n) is 5.16. The summed E-state index contributed by atoms with van der Waals surface area (Å²) < 4.78 is 16.1. The van der Waals surface area contributed by atoms with E-state index in [9.17, 15) is 14.0 Å². The van der Waals surface area contributed by atoms with Crippen LogP contribution in [0.1, 0.15) is 0 Å². The predicted octanol–water partition coefficient (Wildman–Crippen LogP) is 2.77. The Morgan fingerprint density at radius 1 is 1.26 bits per heavy atom. The van der Waals surface area contributed by atoms with E-state index in [0.29, 0.717) is 11.2 Å². The molecule has 0 saturated carbocycles. The summed E-state index contributed by atoms with van der Waals surface area (Å²) in [4.78, 5) is 24.5. The zero-order valence-corrected chi connectivity index (χ0v) is 13.0. The van der Waals surface area contributed by atoms with Gasteiger partial charge in [-0.3, -0.25) is 9.59 Å². The summed E-state index contributed by atoms with van der Waals surface area (Å²) in [5.41, 5.74) is 0.654. The van der Waals surface area contributed by atoms with E-state index in [1.807, 2.05) is 6.07 Å². The topological polar surface area (TPSA) is 56.0 Å². The number of carbonyl (C=O) groups is 1. The summed E-state index contributed by atoms with van der Waals surface area (Å²) in [6, 6.07) is 7.50. The number of carbonyl (C=O) groups excluding carboxylic acids is 1. The highest BCUT2D eigenvalue weighted by Gasteiger charge is 2.10. The fourth-order valence-corrected chi connectivity index (χ4v) is 2.57. The van der Waals surface area contributed by atoms with Gasteiger partial charge in [-0.25, -0.2) is 4.39 Å². The molecule has 2 aromatic heterocycles. The van der Waals surface area contributed by atoms with Crippen LogP contribution in [0.5, 0.6) is 0 Å². The Morgan fingerprint density at radius 3 is 2.74 bits per heavy atom. The molecule has 0 unspecified atom stereocenters. The SMILES string of the molecule is Cn1ccc2ccn(CC(=O)Nc3ccc(F)c(Cl)c3)c(=O)c21. The van der Waals surface area contributed by atoms with E-state index in [1.165, 1.54) is 22.8 Å².